The minimum absolute atomic E-state index is 0.00355. The second-order valence-electron chi connectivity index (χ2n) is 5.05. The van der Waals surface area contributed by atoms with Gasteiger partial charge >= 0.3 is 5.97 Å². The molecule has 1 saturated carbocycles. The molecule has 1 fully saturated rings. The number of carbonyl (C=O) groups is 1. The fourth-order valence-electron chi connectivity index (χ4n) is 2.31. The Morgan fingerprint density at radius 2 is 2.17 bits per heavy atom. The number of hydrogen-bond acceptors (Lipinski definition) is 4. The summed E-state index contributed by atoms with van der Waals surface area (Å²) >= 11 is 0. The van der Waals surface area contributed by atoms with E-state index in [0.717, 1.165) is 12.8 Å². The Labute approximate surface area is 106 Å². The van der Waals surface area contributed by atoms with E-state index >= 15 is 0 Å². The van der Waals surface area contributed by atoms with Crippen molar-refractivity contribution < 1.29 is 19.2 Å². The fourth-order valence-corrected chi connectivity index (χ4v) is 2.31. The first-order chi connectivity index (χ1) is 8.59. The molecule has 1 aromatic heterocycles. The van der Waals surface area contributed by atoms with Crippen LogP contribution in [0.15, 0.2) is 4.52 Å². The van der Waals surface area contributed by atoms with Crippen LogP contribution in [0.2, 0.25) is 0 Å². The van der Waals surface area contributed by atoms with Gasteiger partial charge < -0.3 is 14.4 Å². The molecule has 0 bridgehead atoms. The van der Waals surface area contributed by atoms with Gasteiger partial charge in [-0.1, -0.05) is 31.8 Å². The zero-order valence-electron chi connectivity index (χ0n) is 10.8. The minimum Gasteiger partial charge on any atom is -0.477 e. The highest BCUT2D eigenvalue weighted by Gasteiger charge is 2.25. The van der Waals surface area contributed by atoms with Crippen molar-refractivity contribution in [3.8, 4) is 0 Å². The van der Waals surface area contributed by atoms with Gasteiger partial charge in [0.05, 0.1) is 12.7 Å². The normalized spacial score (nSPS) is 16.6. The number of ether oxygens (including phenoxy) is 1. The molecule has 0 aromatic carbocycles. The predicted octanol–water partition coefficient (Wildman–Crippen LogP) is 2.96. The Morgan fingerprint density at radius 1 is 1.50 bits per heavy atom. The summed E-state index contributed by atoms with van der Waals surface area (Å²) in [6, 6.07) is 0. The maximum atomic E-state index is 11.2. The summed E-state index contributed by atoms with van der Waals surface area (Å²) in [7, 11) is 0. The first kappa shape index (κ1) is 13.1. The van der Waals surface area contributed by atoms with E-state index in [1.165, 1.54) is 12.8 Å². The number of hydrogen-bond donors (Lipinski definition) is 1. The van der Waals surface area contributed by atoms with Crippen LogP contribution in [0, 0.1) is 0 Å². The SMILES string of the molecule is CC(C)c1onc(COC2CCCC2)c1C(=O)O. The zero-order valence-corrected chi connectivity index (χ0v) is 10.8. The Morgan fingerprint density at radius 3 is 2.72 bits per heavy atom. The first-order valence-electron chi connectivity index (χ1n) is 6.43. The molecule has 0 saturated heterocycles. The molecule has 0 amide bonds. The van der Waals surface area contributed by atoms with Crippen molar-refractivity contribution in [2.75, 3.05) is 0 Å². The van der Waals surface area contributed by atoms with Crippen molar-refractivity contribution in [1.29, 1.82) is 0 Å². The summed E-state index contributed by atoms with van der Waals surface area (Å²) in [5, 5.41) is 13.1. The van der Waals surface area contributed by atoms with E-state index in [0.29, 0.717) is 11.5 Å². The van der Waals surface area contributed by atoms with Crippen LogP contribution in [0.25, 0.3) is 0 Å². The van der Waals surface area contributed by atoms with Crippen LogP contribution >= 0.6 is 0 Å². The monoisotopic (exact) mass is 253 g/mol. The van der Waals surface area contributed by atoms with Crippen molar-refractivity contribution in [3.63, 3.8) is 0 Å². The molecule has 1 aromatic rings. The summed E-state index contributed by atoms with van der Waals surface area (Å²) in [4.78, 5) is 11.2. The standard InChI is InChI=1S/C13H19NO4/c1-8(2)12-11(13(15)16)10(14-18-12)7-17-9-5-3-4-6-9/h8-9H,3-7H2,1-2H3,(H,15,16). The third-order valence-electron chi connectivity index (χ3n) is 3.29. The van der Waals surface area contributed by atoms with E-state index in [-0.39, 0.29) is 24.2 Å². The van der Waals surface area contributed by atoms with Crippen molar-refractivity contribution in [2.24, 2.45) is 0 Å². The summed E-state index contributed by atoms with van der Waals surface area (Å²) in [6.07, 6.45) is 4.72. The van der Waals surface area contributed by atoms with Crippen LogP contribution in [0.5, 0.6) is 0 Å². The first-order valence-corrected chi connectivity index (χ1v) is 6.43. The molecule has 5 nitrogen and oxygen atoms in total. The molecule has 1 N–H and O–H groups in total. The van der Waals surface area contributed by atoms with E-state index in [1.54, 1.807) is 0 Å². The zero-order chi connectivity index (χ0) is 13.1. The van der Waals surface area contributed by atoms with Crippen LogP contribution in [0.4, 0.5) is 0 Å². The van der Waals surface area contributed by atoms with Gasteiger partial charge in [0.25, 0.3) is 0 Å². The van der Waals surface area contributed by atoms with Gasteiger partial charge in [-0.15, -0.1) is 0 Å². The summed E-state index contributed by atoms with van der Waals surface area (Å²) in [6.45, 7) is 3.99. The lowest BCUT2D eigenvalue weighted by molar-refractivity contribution is 0.0410. The lowest BCUT2D eigenvalue weighted by atomic mass is 10.1. The molecule has 1 aliphatic rings. The smallest absolute Gasteiger partial charge is 0.341 e. The molecule has 1 heterocycles. The molecular formula is C13H19NO4. The second kappa shape index (κ2) is 5.52. The van der Waals surface area contributed by atoms with Gasteiger partial charge in [0.2, 0.25) is 0 Å². The molecule has 1 aliphatic carbocycles. The third kappa shape index (κ3) is 2.72. The van der Waals surface area contributed by atoms with E-state index in [1.807, 2.05) is 13.8 Å². The number of carboxylic acid groups (broad SMARTS) is 1. The molecule has 2 rings (SSSR count). The van der Waals surface area contributed by atoms with Gasteiger partial charge in [-0.05, 0) is 12.8 Å². The van der Waals surface area contributed by atoms with E-state index in [2.05, 4.69) is 5.16 Å². The topological polar surface area (TPSA) is 72.6 Å². The lowest BCUT2D eigenvalue weighted by Crippen LogP contribution is -2.10. The van der Waals surface area contributed by atoms with Gasteiger partial charge in [-0.2, -0.15) is 0 Å². The number of nitrogens with zero attached hydrogens (tertiary/aromatic N) is 1. The van der Waals surface area contributed by atoms with Crippen LogP contribution < -0.4 is 0 Å². The van der Waals surface area contributed by atoms with E-state index in [4.69, 9.17) is 9.26 Å². The average molecular weight is 253 g/mol. The summed E-state index contributed by atoms with van der Waals surface area (Å²) < 4.78 is 10.8. The maximum Gasteiger partial charge on any atom is 0.341 e. The van der Waals surface area contributed by atoms with Gasteiger partial charge in [0, 0.05) is 5.92 Å². The molecule has 0 aliphatic heterocycles. The summed E-state index contributed by atoms with van der Waals surface area (Å²) in [5.41, 5.74) is 0.570. The third-order valence-corrected chi connectivity index (χ3v) is 3.29. The molecule has 0 unspecified atom stereocenters. The Hall–Kier alpha value is -1.36. The highest BCUT2D eigenvalue weighted by molar-refractivity contribution is 5.90. The molecule has 18 heavy (non-hydrogen) atoms. The fraction of sp³-hybridized carbons (Fsp3) is 0.692. The Bertz CT molecular complexity index is 419. The van der Waals surface area contributed by atoms with Crippen LogP contribution in [-0.4, -0.2) is 22.3 Å². The molecule has 0 radical (unpaired) electrons. The maximum absolute atomic E-state index is 11.2. The van der Waals surface area contributed by atoms with Crippen molar-refractivity contribution in [2.45, 2.75) is 58.2 Å². The molecular weight excluding hydrogens is 234 g/mol. The van der Waals surface area contributed by atoms with Crippen LogP contribution in [0.1, 0.15) is 67.3 Å². The van der Waals surface area contributed by atoms with Gasteiger partial charge in [-0.25, -0.2) is 4.79 Å². The number of carboxylic acids is 1. The minimum atomic E-state index is -0.995. The van der Waals surface area contributed by atoms with Crippen LogP contribution in [0.3, 0.4) is 0 Å². The molecule has 5 heteroatoms. The van der Waals surface area contributed by atoms with Crippen molar-refractivity contribution >= 4 is 5.97 Å². The number of rotatable bonds is 5. The summed E-state index contributed by atoms with van der Waals surface area (Å²) in [5.74, 6) is -0.568. The lowest BCUT2D eigenvalue weighted by Gasteiger charge is -2.09. The number of aromatic nitrogens is 1. The van der Waals surface area contributed by atoms with Gasteiger partial charge in [0.15, 0.2) is 5.76 Å². The average Bonchev–Trinajstić information content (AvgIpc) is 2.95. The second-order valence-corrected chi connectivity index (χ2v) is 5.05. The molecule has 0 atom stereocenters. The van der Waals surface area contributed by atoms with Crippen molar-refractivity contribution in [1.82, 2.24) is 5.16 Å². The van der Waals surface area contributed by atoms with Crippen LogP contribution in [-0.2, 0) is 11.3 Å². The largest absolute Gasteiger partial charge is 0.477 e. The van der Waals surface area contributed by atoms with E-state index < -0.39 is 5.97 Å². The quantitative estimate of drug-likeness (QED) is 0.873. The molecule has 100 valence electrons. The highest BCUT2D eigenvalue weighted by atomic mass is 16.5. The van der Waals surface area contributed by atoms with Gasteiger partial charge in [-0.3, -0.25) is 0 Å². The predicted molar refractivity (Wildman–Crippen MR) is 64.6 cm³/mol. The Kier molecular flexibility index (Phi) is 4.01. The number of aromatic carboxylic acids is 1. The highest BCUT2D eigenvalue weighted by Crippen LogP contribution is 2.26. The van der Waals surface area contributed by atoms with E-state index in [9.17, 15) is 9.90 Å². The van der Waals surface area contributed by atoms with Gasteiger partial charge in [0.1, 0.15) is 11.3 Å². The molecule has 0 spiro atoms. The Balaban J connectivity index is 2.09. The van der Waals surface area contributed by atoms with Crippen molar-refractivity contribution in [3.05, 3.63) is 17.0 Å².